The molecule has 2 aliphatic carbocycles. The van der Waals surface area contributed by atoms with E-state index in [0.29, 0.717) is 10.3 Å². The van der Waals surface area contributed by atoms with Crippen molar-refractivity contribution < 1.29 is 10.2 Å². The molecule has 2 aliphatic rings. The Balaban J connectivity index is 0.000000201. The van der Waals surface area contributed by atoms with Crippen molar-refractivity contribution in [3.63, 3.8) is 0 Å². The second kappa shape index (κ2) is 10.8. The van der Waals surface area contributed by atoms with E-state index in [1.807, 2.05) is 0 Å². The highest BCUT2D eigenvalue weighted by Crippen LogP contribution is 2.61. The molecule has 4 nitrogen and oxygen atoms in total. The standard InChI is InChI=1S/2C14H25BNOP/c2*1-14(2,3)18(4,15)16-13-11-8-6-5-7-10(11)9-12(13)17/h2*5-8,12-13,16-17H,9H2,1-4,15H3/t2*12-,13+,18?/m11/s1. The van der Waals surface area contributed by atoms with Gasteiger partial charge in [0.1, 0.15) is 15.1 Å². The fourth-order valence-electron chi connectivity index (χ4n) is 4.26. The Labute approximate surface area is 223 Å². The van der Waals surface area contributed by atoms with Gasteiger partial charge in [-0.05, 0) is 63.8 Å². The normalized spacial score (nSPS) is 26.8. The molecule has 6 atom stereocenters. The summed E-state index contributed by atoms with van der Waals surface area (Å²) in [6.07, 6.45) is 1.11. The van der Waals surface area contributed by atoms with Crippen molar-refractivity contribution in [1.29, 1.82) is 0 Å². The van der Waals surface area contributed by atoms with Crippen molar-refractivity contribution in [1.82, 2.24) is 10.2 Å². The summed E-state index contributed by atoms with van der Waals surface area (Å²) in [7, 11) is -1.58. The van der Waals surface area contributed by atoms with Crippen LogP contribution in [0.1, 0.15) is 75.9 Å². The zero-order chi connectivity index (χ0) is 27.1. The molecule has 0 saturated carbocycles. The maximum Gasteiger partial charge on any atom is 0.145 e. The minimum atomic E-state index is -1.03. The van der Waals surface area contributed by atoms with E-state index < -0.39 is 14.6 Å². The molecule has 0 aromatic heterocycles. The third-order valence-electron chi connectivity index (χ3n) is 7.09. The van der Waals surface area contributed by atoms with Crippen LogP contribution in [0.2, 0.25) is 0 Å². The number of fused-ring (bicyclic) bond motifs is 2. The van der Waals surface area contributed by atoms with Crippen LogP contribution >= 0.6 is 14.6 Å². The number of hydrogen-bond acceptors (Lipinski definition) is 4. The zero-order valence-electron chi connectivity index (χ0n) is 22.1. The minimum Gasteiger partial charge on any atom is -0.391 e. The molecule has 36 heavy (non-hydrogen) atoms. The van der Waals surface area contributed by atoms with Crippen molar-refractivity contribution >= 4 is 29.7 Å². The Morgan fingerprint density at radius 3 is 1.28 bits per heavy atom. The highest BCUT2D eigenvalue weighted by Gasteiger charge is 2.42. The van der Waals surface area contributed by atoms with E-state index in [1.54, 1.807) is 0 Å². The first-order valence-corrected chi connectivity index (χ1v) is 15.9. The van der Waals surface area contributed by atoms with Gasteiger partial charge in [0.15, 0.2) is 0 Å². The first kappa shape index (κ1) is 29.8. The molecule has 2 unspecified atom stereocenters. The first-order valence-electron chi connectivity index (χ1n) is 12.3. The van der Waals surface area contributed by atoms with Gasteiger partial charge in [-0.15, -0.1) is 0 Å². The number of nitrogens with one attached hydrogen (secondary N) is 2. The molecular weight excluding hydrogens is 480 g/mol. The Hall–Kier alpha value is -0.730. The van der Waals surface area contributed by atoms with Crippen LogP contribution in [-0.2, 0) is 12.8 Å². The van der Waals surface area contributed by atoms with Gasteiger partial charge in [0.05, 0.1) is 24.3 Å². The summed E-state index contributed by atoms with van der Waals surface area (Å²) in [4.78, 5) is 0. The Morgan fingerprint density at radius 1 is 0.667 bits per heavy atom. The molecule has 4 rings (SSSR count). The topological polar surface area (TPSA) is 64.5 Å². The number of rotatable bonds is 4. The van der Waals surface area contributed by atoms with Gasteiger partial charge in [-0.3, -0.25) is 0 Å². The van der Waals surface area contributed by atoms with Gasteiger partial charge < -0.3 is 10.2 Å². The van der Waals surface area contributed by atoms with Gasteiger partial charge >= 0.3 is 0 Å². The first-order chi connectivity index (χ1) is 16.4. The summed E-state index contributed by atoms with van der Waals surface area (Å²) in [5.74, 6) is 0. The van der Waals surface area contributed by atoms with E-state index in [9.17, 15) is 10.2 Å². The van der Waals surface area contributed by atoms with E-state index in [0.717, 1.165) is 12.8 Å². The maximum atomic E-state index is 10.3. The Kier molecular flexibility index (Phi) is 8.94. The Bertz CT molecular complexity index is 967. The quantitative estimate of drug-likeness (QED) is 0.360. The fraction of sp³-hybridized carbons (Fsp3) is 0.571. The molecule has 0 radical (unpaired) electrons. The lowest BCUT2D eigenvalue weighted by Gasteiger charge is -2.41. The summed E-state index contributed by atoms with van der Waals surface area (Å²) in [6, 6.07) is 17.3. The van der Waals surface area contributed by atoms with Gasteiger partial charge in [0.25, 0.3) is 0 Å². The van der Waals surface area contributed by atoms with E-state index >= 15 is 0 Å². The predicted molar refractivity (Wildman–Crippen MR) is 169 cm³/mol. The predicted octanol–water partition coefficient (Wildman–Crippen LogP) is 3.75. The van der Waals surface area contributed by atoms with Gasteiger partial charge in [-0.2, -0.15) is 0 Å². The van der Waals surface area contributed by atoms with Crippen LogP contribution in [0.5, 0.6) is 0 Å². The average molecular weight is 530 g/mol. The van der Waals surface area contributed by atoms with Gasteiger partial charge in [0.2, 0.25) is 0 Å². The van der Waals surface area contributed by atoms with Gasteiger partial charge in [0, 0.05) is 36.5 Å². The van der Waals surface area contributed by atoms with Gasteiger partial charge in [-0.1, -0.05) is 63.1 Å². The molecule has 2 aromatic rings. The molecule has 0 heterocycles. The number of benzene rings is 2. The lowest BCUT2D eigenvalue weighted by Crippen LogP contribution is -2.36. The lowest BCUT2D eigenvalue weighted by molar-refractivity contribution is 0.152. The molecule has 4 N–H and O–H groups in total. The average Bonchev–Trinajstić information content (AvgIpc) is 3.23. The Morgan fingerprint density at radius 2 is 0.972 bits per heavy atom. The monoisotopic (exact) mass is 530 g/mol. The highest BCUT2D eigenvalue weighted by molar-refractivity contribution is 7.96. The third-order valence-corrected chi connectivity index (χ3v) is 12.4. The van der Waals surface area contributed by atoms with Crippen LogP contribution in [0.25, 0.3) is 0 Å². The van der Waals surface area contributed by atoms with Crippen molar-refractivity contribution in [2.45, 2.75) is 89.0 Å². The van der Waals surface area contributed by atoms with Crippen LogP contribution in [0.15, 0.2) is 48.5 Å². The second-order valence-corrected chi connectivity index (χ2v) is 17.0. The minimum absolute atomic E-state index is 0.163. The third kappa shape index (κ3) is 6.45. The van der Waals surface area contributed by atoms with Crippen LogP contribution < -0.4 is 10.2 Å². The van der Waals surface area contributed by atoms with Crippen molar-refractivity contribution in [3.8, 4) is 0 Å². The van der Waals surface area contributed by atoms with Crippen LogP contribution in [0, 0.1) is 0 Å². The molecule has 0 aliphatic heterocycles. The summed E-state index contributed by atoms with van der Waals surface area (Å²) < 4.78 is 0. The molecular formula is C28H50B2N2O2P2. The molecule has 0 bridgehead atoms. The van der Waals surface area contributed by atoms with E-state index in [4.69, 9.17) is 0 Å². The van der Waals surface area contributed by atoms with E-state index in [-0.39, 0.29) is 39.4 Å². The van der Waals surface area contributed by atoms with E-state index in [2.05, 4.69) is 114 Å². The molecule has 0 amide bonds. The number of hydrogen-bond donors (Lipinski definition) is 4. The molecule has 0 fully saturated rings. The van der Waals surface area contributed by atoms with Crippen molar-refractivity contribution in [2.75, 3.05) is 13.3 Å². The van der Waals surface area contributed by atoms with Crippen molar-refractivity contribution in [3.05, 3.63) is 70.8 Å². The fourth-order valence-corrected chi connectivity index (χ4v) is 6.50. The zero-order valence-corrected chi connectivity index (χ0v) is 23.9. The molecule has 8 heteroatoms. The van der Waals surface area contributed by atoms with Crippen LogP contribution in [0.3, 0.4) is 0 Å². The summed E-state index contributed by atoms with van der Waals surface area (Å²) in [5.41, 5.74) is 5.27. The molecule has 2 aromatic carbocycles. The molecule has 0 spiro atoms. The lowest BCUT2D eigenvalue weighted by atomic mass is 10.1. The molecule has 200 valence electrons. The van der Waals surface area contributed by atoms with Crippen LogP contribution in [-0.4, -0.2) is 61.2 Å². The van der Waals surface area contributed by atoms with Gasteiger partial charge in [-0.25, -0.2) is 10.2 Å². The van der Waals surface area contributed by atoms with E-state index in [1.165, 1.54) is 22.3 Å². The number of aliphatic hydroxyl groups excluding tert-OH is 2. The van der Waals surface area contributed by atoms with Crippen molar-refractivity contribution in [2.24, 2.45) is 0 Å². The number of aliphatic hydroxyl groups is 2. The van der Waals surface area contributed by atoms with Crippen LogP contribution in [0.4, 0.5) is 0 Å². The maximum absolute atomic E-state index is 10.3. The summed E-state index contributed by atoms with van der Waals surface area (Å²) >= 11 is 0. The second-order valence-electron chi connectivity index (χ2n) is 11.6. The summed E-state index contributed by atoms with van der Waals surface area (Å²) in [5, 5.41) is 29.1. The summed E-state index contributed by atoms with van der Waals surface area (Å²) in [6.45, 7) is 18.9. The largest absolute Gasteiger partial charge is 0.391 e. The smallest absolute Gasteiger partial charge is 0.145 e. The highest BCUT2D eigenvalue weighted by atomic mass is 31.2. The molecule has 0 saturated heterocycles. The SMILES string of the molecule is [BH3-][P+](C)(N[C@H]1c2ccccc2C[C@H]1O)C(C)(C)C.[BH3-][P+](C)(N[C@H]1c2ccccc2C[C@H]1O)C(C)(C)C.